The number of rotatable bonds is 2. The first-order chi connectivity index (χ1) is 9.06. The van der Waals surface area contributed by atoms with Crippen LogP contribution < -0.4 is 4.90 Å². The Bertz CT molecular complexity index is 514. The first-order valence-corrected chi connectivity index (χ1v) is 6.75. The smallest absolute Gasteiger partial charge is 0.231 e. The number of likely N-dealkylation sites (N-methyl/N-ethyl adjacent to an activating group) is 1. The Morgan fingerprint density at radius 1 is 1.47 bits per heavy atom. The van der Waals surface area contributed by atoms with E-state index in [4.69, 9.17) is 4.74 Å². The zero-order valence-electron chi connectivity index (χ0n) is 11.3. The highest BCUT2D eigenvalue weighted by Crippen LogP contribution is 2.35. The molecular formula is C15H19NO3. The lowest BCUT2D eigenvalue weighted by molar-refractivity contribution is -0.117. The second kappa shape index (κ2) is 4.62. The van der Waals surface area contributed by atoms with Crippen molar-refractivity contribution < 1.29 is 14.6 Å². The Hall–Kier alpha value is -1.39. The van der Waals surface area contributed by atoms with Gasteiger partial charge in [-0.2, -0.15) is 0 Å². The number of benzene rings is 1. The quantitative estimate of drug-likeness (QED) is 0.881. The third-order valence-corrected chi connectivity index (χ3v) is 4.20. The van der Waals surface area contributed by atoms with Gasteiger partial charge in [0.25, 0.3) is 0 Å². The fourth-order valence-corrected chi connectivity index (χ4v) is 3.02. The first kappa shape index (κ1) is 12.6. The van der Waals surface area contributed by atoms with Gasteiger partial charge in [0.1, 0.15) is 0 Å². The third-order valence-electron chi connectivity index (χ3n) is 4.20. The van der Waals surface area contributed by atoms with Crippen LogP contribution >= 0.6 is 0 Å². The average Bonchev–Trinajstić information content (AvgIpc) is 2.94. The predicted octanol–water partition coefficient (Wildman–Crippen LogP) is 1.66. The molecule has 1 saturated heterocycles. The molecule has 0 spiro atoms. The van der Waals surface area contributed by atoms with Gasteiger partial charge in [-0.15, -0.1) is 0 Å². The molecule has 4 nitrogen and oxygen atoms in total. The molecule has 102 valence electrons. The zero-order chi connectivity index (χ0) is 13.6. The Kier molecular flexibility index (Phi) is 3.07. The van der Waals surface area contributed by atoms with Crippen molar-refractivity contribution in [3.63, 3.8) is 0 Å². The Labute approximate surface area is 113 Å². The largest absolute Gasteiger partial charge is 0.388 e. The van der Waals surface area contributed by atoms with Crippen molar-refractivity contribution >= 4 is 11.6 Å². The van der Waals surface area contributed by atoms with Crippen molar-refractivity contribution in [3.8, 4) is 0 Å². The van der Waals surface area contributed by atoms with Crippen LogP contribution in [0.15, 0.2) is 18.2 Å². The van der Waals surface area contributed by atoms with E-state index in [-0.39, 0.29) is 17.9 Å². The van der Waals surface area contributed by atoms with Crippen LogP contribution in [-0.4, -0.2) is 30.8 Å². The van der Waals surface area contributed by atoms with E-state index in [1.165, 1.54) is 0 Å². The number of ether oxygens (including phenoxy) is 1. The van der Waals surface area contributed by atoms with Gasteiger partial charge in [-0.1, -0.05) is 12.1 Å². The predicted molar refractivity (Wildman–Crippen MR) is 72.0 cm³/mol. The molecule has 2 aliphatic rings. The van der Waals surface area contributed by atoms with Gasteiger partial charge in [0.2, 0.25) is 5.91 Å². The lowest BCUT2D eigenvalue weighted by Crippen LogP contribution is -2.20. The summed E-state index contributed by atoms with van der Waals surface area (Å²) in [6.07, 6.45) is 1.04. The molecule has 0 saturated carbocycles. The summed E-state index contributed by atoms with van der Waals surface area (Å²) in [5.41, 5.74) is 2.86. The normalized spacial score (nSPS) is 27.7. The molecule has 0 radical (unpaired) electrons. The summed E-state index contributed by atoms with van der Waals surface area (Å²) in [6.45, 7) is 2.64. The summed E-state index contributed by atoms with van der Waals surface area (Å²) in [4.78, 5) is 13.3. The molecule has 1 N–H and O–H groups in total. The standard InChI is InChI=1S/C15H19NO3/c1-9-5-12(8-19-9)15(18)10-3-4-13-11(6-10)7-14(17)16(13)2/h3-4,6,9,12,15,18H,5,7-8H2,1-2H3. The molecule has 4 heteroatoms. The summed E-state index contributed by atoms with van der Waals surface area (Å²) >= 11 is 0. The van der Waals surface area contributed by atoms with Crippen LogP contribution in [-0.2, 0) is 16.0 Å². The van der Waals surface area contributed by atoms with Gasteiger partial charge in [0.05, 0.1) is 25.2 Å². The van der Waals surface area contributed by atoms with E-state index in [0.717, 1.165) is 23.2 Å². The first-order valence-electron chi connectivity index (χ1n) is 6.75. The summed E-state index contributed by atoms with van der Waals surface area (Å²) in [5, 5.41) is 10.4. The lowest BCUT2D eigenvalue weighted by Gasteiger charge is -2.18. The van der Waals surface area contributed by atoms with Crippen molar-refractivity contribution in [1.29, 1.82) is 0 Å². The second-order valence-electron chi connectivity index (χ2n) is 5.60. The van der Waals surface area contributed by atoms with E-state index < -0.39 is 6.10 Å². The number of carbonyl (C=O) groups is 1. The fourth-order valence-electron chi connectivity index (χ4n) is 3.02. The maximum atomic E-state index is 11.7. The van der Waals surface area contributed by atoms with Crippen LogP contribution in [0.25, 0.3) is 0 Å². The zero-order valence-corrected chi connectivity index (χ0v) is 11.3. The van der Waals surface area contributed by atoms with Gasteiger partial charge in [-0.05, 0) is 30.5 Å². The molecule has 3 unspecified atom stereocenters. The number of nitrogens with zero attached hydrogens (tertiary/aromatic N) is 1. The van der Waals surface area contributed by atoms with E-state index in [2.05, 4.69) is 0 Å². The van der Waals surface area contributed by atoms with Crippen molar-refractivity contribution in [2.24, 2.45) is 5.92 Å². The van der Waals surface area contributed by atoms with Gasteiger partial charge in [0.15, 0.2) is 0 Å². The third kappa shape index (κ3) is 2.15. The molecular weight excluding hydrogens is 242 g/mol. The lowest BCUT2D eigenvalue weighted by atomic mass is 9.92. The SMILES string of the molecule is CC1CC(C(O)c2ccc3c(c2)CC(=O)N3C)CO1. The van der Waals surface area contributed by atoms with Crippen LogP contribution in [0.5, 0.6) is 0 Å². The number of anilines is 1. The molecule has 3 rings (SSSR count). The van der Waals surface area contributed by atoms with Crippen molar-refractivity contribution in [1.82, 2.24) is 0 Å². The highest BCUT2D eigenvalue weighted by molar-refractivity contribution is 6.00. The minimum Gasteiger partial charge on any atom is -0.388 e. The number of hydrogen-bond acceptors (Lipinski definition) is 3. The maximum absolute atomic E-state index is 11.7. The molecule has 1 aromatic rings. The molecule has 1 aromatic carbocycles. The average molecular weight is 261 g/mol. The molecule has 3 atom stereocenters. The van der Waals surface area contributed by atoms with Crippen molar-refractivity contribution in [2.75, 3.05) is 18.6 Å². The fraction of sp³-hybridized carbons (Fsp3) is 0.533. The number of aliphatic hydroxyl groups is 1. The molecule has 0 aliphatic carbocycles. The summed E-state index contributed by atoms with van der Waals surface area (Å²) in [7, 11) is 1.79. The molecule has 19 heavy (non-hydrogen) atoms. The van der Waals surface area contributed by atoms with Gasteiger partial charge < -0.3 is 14.7 Å². The molecule has 1 fully saturated rings. The molecule has 2 heterocycles. The van der Waals surface area contributed by atoms with E-state index in [1.54, 1.807) is 11.9 Å². The van der Waals surface area contributed by atoms with E-state index >= 15 is 0 Å². The van der Waals surface area contributed by atoms with Gasteiger partial charge in [-0.25, -0.2) is 0 Å². The minimum absolute atomic E-state index is 0.111. The number of fused-ring (bicyclic) bond motifs is 1. The highest BCUT2D eigenvalue weighted by Gasteiger charge is 2.31. The van der Waals surface area contributed by atoms with Crippen LogP contribution in [0.4, 0.5) is 5.69 Å². The van der Waals surface area contributed by atoms with Gasteiger partial charge in [-0.3, -0.25) is 4.79 Å². The Morgan fingerprint density at radius 3 is 2.95 bits per heavy atom. The van der Waals surface area contributed by atoms with Crippen LogP contribution in [0.3, 0.4) is 0 Å². The number of carbonyl (C=O) groups excluding carboxylic acids is 1. The van der Waals surface area contributed by atoms with Crippen molar-refractivity contribution in [3.05, 3.63) is 29.3 Å². The Balaban J connectivity index is 1.83. The summed E-state index contributed by atoms with van der Waals surface area (Å²) < 4.78 is 5.51. The van der Waals surface area contributed by atoms with E-state index in [9.17, 15) is 9.90 Å². The highest BCUT2D eigenvalue weighted by atomic mass is 16.5. The molecule has 2 aliphatic heterocycles. The van der Waals surface area contributed by atoms with E-state index in [1.807, 2.05) is 25.1 Å². The summed E-state index contributed by atoms with van der Waals surface area (Å²) in [5.74, 6) is 0.266. The molecule has 0 bridgehead atoms. The molecule has 1 amide bonds. The van der Waals surface area contributed by atoms with Crippen LogP contribution in [0.1, 0.15) is 30.6 Å². The summed E-state index contributed by atoms with van der Waals surface area (Å²) in [6, 6.07) is 5.81. The van der Waals surface area contributed by atoms with Crippen LogP contribution in [0.2, 0.25) is 0 Å². The topological polar surface area (TPSA) is 49.8 Å². The second-order valence-corrected chi connectivity index (χ2v) is 5.60. The van der Waals surface area contributed by atoms with E-state index in [0.29, 0.717) is 13.0 Å². The number of hydrogen-bond donors (Lipinski definition) is 1. The maximum Gasteiger partial charge on any atom is 0.231 e. The molecule has 0 aromatic heterocycles. The minimum atomic E-state index is -0.503. The van der Waals surface area contributed by atoms with Crippen LogP contribution in [0, 0.1) is 5.92 Å². The van der Waals surface area contributed by atoms with Gasteiger partial charge >= 0.3 is 0 Å². The van der Waals surface area contributed by atoms with Crippen molar-refractivity contribution in [2.45, 2.75) is 32.0 Å². The Morgan fingerprint density at radius 2 is 2.26 bits per heavy atom. The van der Waals surface area contributed by atoms with Gasteiger partial charge in [0, 0.05) is 18.7 Å². The number of aliphatic hydroxyl groups excluding tert-OH is 1. The number of amides is 1. The monoisotopic (exact) mass is 261 g/mol.